The summed E-state index contributed by atoms with van der Waals surface area (Å²) in [4.78, 5) is 27.6. The molecule has 0 bridgehead atoms. The third-order valence-corrected chi connectivity index (χ3v) is 3.35. The van der Waals surface area contributed by atoms with Gasteiger partial charge < -0.3 is 10.3 Å². The first-order valence-electron chi connectivity index (χ1n) is 5.75. The molecule has 19 heavy (non-hydrogen) atoms. The lowest BCUT2D eigenvalue weighted by atomic mass is 10.2. The van der Waals surface area contributed by atoms with Crippen molar-refractivity contribution in [2.24, 2.45) is 0 Å². The number of hydrogen-bond acceptors (Lipinski definition) is 3. The Bertz CT molecular complexity index is 664. The van der Waals surface area contributed by atoms with E-state index in [4.69, 9.17) is 0 Å². The molecular weight excluding hydrogens is 260 g/mol. The quantitative estimate of drug-likeness (QED) is 0.846. The van der Waals surface area contributed by atoms with Crippen molar-refractivity contribution in [2.45, 2.75) is 11.8 Å². The average Bonchev–Trinajstić information content (AvgIpc) is 2.38. The van der Waals surface area contributed by atoms with Crippen LogP contribution in [0.25, 0.3) is 0 Å². The van der Waals surface area contributed by atoms with E-state index in [1.54, 1.807) is 24.8 Å². The average molecular weight is 274 g/mol. The van der Waals surface area contributed by atoms with Crippen LogP contribution in [0, 0.1) is 6.92 Å². The Labute approximate surface area is 115 Å². The Morgan fingerprint density at radius 3 is 2.79 bits per heavy atom. The molecule has 0 atom stereocenters. The standard InChI is InChI=1S/C14H14N2O2S/c1-9-6-13(17)12(8-15-9)14(18)16-10-4-3-5-11(7-10)19-2/h3-8H,1-2H3,(H,15,17)(H,16,18). The number of H-pyrrole nitrogens is 1. The molecule has 1 aromatic heterocycles. The number of carbonyl (C=O) groups excluding carboxylic acids is 1. The summed E-state index contributed by atoms with van der Waals surface area (Å²) in [5.74, 6) is -0.403. The Morgan fingerprint density at radius 1 is 1.32 bits per heavy atom. The summed E-state index contributed by atoms with van der Waals surface area (Å²) in [6, 6.07) is 8.89. The van der Waals surface area contributed by atoms with Crippen molar-refractivity contribution in [1.82, 2.24) is 4.98 Å². The van der Waals surface area contributed by atoms with Crippen molar-refractivity contribution < 1.29 is 4.79 Å². The lowest BCUT2D eigenvalue weighted by Crippen LogP contribution is -2.21. The van der Waals surface area contributed by atoms with Crippen LogP contribution in [0.4, 0.5) is 5.69 Å². The molecule has 0 aliphatic heterocycles. The van der Waals surface area contributed by atoms with Gasteiger partial charge in [-0.15, -0.1) is 11.8 Å². The van der Waals surface area contributed by atoms with Crippen molar-refractivity contribution in [1.29, 1.82) is 0 Å². The van der Waals surface area contributed by atoms with Crippen LogP contribution >= 0.6 is 11.8 Å². The maximum atomic E-state index is 12.0. The minimum absolute atomic E-state index is 0.111. The van der Waals surface area contributed by atoms with Gasteiger partial charge in [0.2, 0.25) is 0 Å². The van der Waals surface area contributed by atoms with Gasteiger partial charge in [-0.25, -0.2) is 0 Å². The molecule has 0 fully saturated rings. The Morgan fingerprint density at radius 2 is 2.11 bits per heavy atom. The van der Waals surface area contributed by atoms with E-state index in [2.05, 4.69) is 10.3 Å². The molecule has 0 aliphatic carbocycles. The topological polar surface area (TPSA) is 62.0 Å². The second-order valence-corrected chi connectivity index (χ2v) is 4.96. The lowest BCUT2D eigenvalue weighted by molar-refractivity contribution is 0.102. The van der Waals surface area contributed by atoms with Gasteiger partial charge in [-0.1, -0.05) is 6.07 Å². The number of benzene rings is 1. The third-order valence-electron chi connectivity index (χ3n) is 2.63. The summed E-state index contributed by atoms with van der Waals surface area (Å²) in [7, 11) is 0. The molecule has 0 unspecified atom stereocenters. The Balaban J connectivity index is 2.23. The SMILES string of the molecule is CSc1cccc(NC(=O)c2c[nH]c(C)cc2=O)c1. The maximum Gasteiger partial charge on any atom is 0.261 e. The van der Waals surface area contributed by atoms with Crippen molar-refractivity contribution >= 4 is 23.4 Å². The van der Waals surface area contributed by atoms with E-state index in [0.29, 0.717) is 5.69 Å². The molecule has 0 saturated heterocycles. The van der Waals surface area contributed by atoms with Crippen molar-refractivity contribution in [2.75, 3.05) is 11.6 Å². The van der Waals surface area contributed by atoms with E-state index in [-0.39, 0.29) is 11.0 Å². The molecule has 98 valence electrons. The number of aryl methyl sites for hydroxylation is 1. The second-order valence-electron chi connectivity index (χ2n) is 4.08. The van der Waals surface area contributed by atoms with E-state index in [0.717, 1.165) is 10.6 Å². The molecule has 0 aliphatic rings. The van der Waals surface area contributed by atoms with Crippen LogP contribution in [0.3, 0.4) is 0 Å². The number of amides is 1. The zero-order valence-corrected chi connectivity index (χ0v) is 11.5. The van der Waals surface area contributed by atoms with E-state index in [1.807, 2.05) is 24.5 Å². The smallest absolute Gasteiger partial charge is 0.261 e. The molecule has 0 radical (unpaired) electrons. The number of aromatic nitrogens is 1. The fourth-order valence-corrected chi connectivity index (χ4v) is 2.11. The van der Waals surface area contributed by atoms with Gasteiger partial charge in [-0.3, -0.25) is 9.59 Å². The minimum atomic E-state index is -0.403. The first-order valence-corrected chi connectivity index (χ1v) is 6.97. The van der Waals surface area contributed by atoms with Gasteiger partial charge in [-0.05, 0) is 31.4 Å². The number of aromatic amines is 1. The fraction of sp³-hybridized carbons (Fsp3) is 0.143. The molecule has 4 nitrogen and oxygen atoms in total. The van der Waals surface area contributed by atoms with Crippen LogP contribution < -0.4 is 10.7 Å². The number of rotatable bonds is 3. The number of carbonyl (C=O) groups is 1. The normalized spacial score (nSPS) is 10.2. The van der Waals surface area contributed by atoms with Gasteiger partial charge >= 0.3 is 0 Å². The zero-order valence-electron chi connectivity index (χ0n) is 10.7. The summed E-state index contributed by atoms with van der Waals surface area (Å²) in [6.45, 7) is 1.77. The highest BCUT2D eigenvalue weighted by atomic mass is 32.2. The monoisotopic (exact) mass is 274 g/mol. The van der Waals surface area contributed by atoms with E-state index >= 15 is 0 Å². The van der Waals surface area contributed by atoms with Crippen LogP contribution in [-0.4, -0.2) is 17.1 Å². The maximum absolute atomic E-state index is 12.0. The Hall–Kier alpha value is -2.01. The predicted molar refractivity (Wildman–Crippen MR) is 78.0 cm³/mol. The number of anilines is 1. The third kappa shape index (κ3) is 3.26. The van der Waals surface area contributed by atoms with Crippen LogP contribution in [-0.2, 0) is 0 Å². The second kappa shape index (κ2) is 5.75. The molecule has 0 saturated carbocycles. The first kappa shape index (κ1) is 13.4. The van der Waals surface area contributed by atoms with E-state index in [9.17, 15) is 9.59 Å². The lowest BCUT2D eigenvalue weighted by Gasteiger charge is -2.06. The largest absolute Gasteiger partial charge is 0.364 e. The summed E-state index contributed by atoms with van der Waals surface area (Å²) >= 11 is 1.59. The van der Waals surface area contributed by atoms with E-state index < -0.39 is 5.91 Å². The van der Waals surface area contributed by atoms with Crippen molar-refractivity contribution in [3.05, 3.63) is 58.0 Å². The van der Waals surface area contributed by atoms with Crippen LogP contribution in [0.5, 0.6) is 0 Å². The van der Waals surface area contributed by atoms with Gasteiger partial charge in [0.15, 0.2) is 5.43 Å². The molecule has 1 amide bonds. The van der Waals surface area contributed by atoms with Gasteiger partial charge in [-0.2, -0.15) is 0 Å². The minimum Gasteiger partial charge on any atom is -0.364 e. The van der Waals surface area contributed by atoms with Crippen LogP contribution in [0.15, 0.2) is 46.2 Å². The van der Waals surface area contributed by atoms with Gasteiger partial charge in [0.25, 0.3) is 5.91 Å². The summed E-state index contributed by atoms with van der Waals surface area (Å²) in [6.07, 6.45) is 3.40. The summed E-state index contributed by atoms with van der Waals surface area (Å²) < 4.78 is 0. The number of pyridine rings is 1. The van der Waals surface area contributed by atoms with Crippen LogP contribution in [0.2, 0.25) is 0 Å². The van der Waals surface area contributed by atoms with Crippen LogP contribution in [0.1, 0.15) is 16.1 Å². The molecular formula is C14H14N2O2S. The summed E-state index contributed by atoms with van der Waals surface area (Å²) in [5, 5.41) is 2.72. The molecule has 2 N–H and O–H groups in total. The zero-order chi connectivity index (χ0) is 13.8. The number of hydrogen-bond donors (Lipinski definition) is 2. The molecule has 5 heteroatoms. The number of nitrogens with one attached hydrogen (secondary N) is 2. The highest BCUT2D eigenvalue weighted by Crippen LogP contribution is 2.19. The molecule has 1 heterocycles. The molecule has 2 aromatic rings. The van der Waals surface area contributed by atoms with Crippen molar-refractivity contribution in [3.8, 4) is 0 Å². The molecule has 1 aromatic carbocycles. The first-order chi connectivity index (χ1) is 9.10. The van der Waals surface area contributed by atoms with E-state index in [1.165, 1.54) is 12.3 Å². The number of thioether (sulfide) groups is 1. The summed E-state index contributed by atoms with van der Waals surface area (Å²) in [5.41, 5.74) is 1.23. The molecule has 2 rings (SSSR count). The molecule has 0 spiro atoms. The fourth-order valence-electron chi connectivity index (χ4n) is 1.65. The van der Waals surface area contributed by atoms with Gasteiger partial charge in [0.05, 0.1) is 0 Å². The highest BCUT2D eigenvalue weighted by molar-refractivity contribution is 7.98. The predicted octanol–water partition coefficient (Wildman–Crippen LogP) is 2.66. The van der Waals surface area contributed by atoms with Crippen molar-refractivity contribution in [3.63, 3.8) is 0 Å². The van der Waals surface area contributed by atoms with Gasteiger partial charge in [0.1, 0.15) is 5.56 Å². The highest BCUT2D eigenvalue weighted by Gasteiger charge is 2.10. The van der Waals surface area contributed by atoms with Gasteiger partial charge in [0, 0.05) is 28.5 Å². The Kier molecular flexibility index (Phi) is 4.06.